The fraction of sp³-hybridized carbons (Fsp3) is 0.545. The van der Waals surface area contributed by atoms with Gasteiger partial charge in [0.2, 0.25) is 5.91 Å². The molecule has 3 aliphatic rings. The second-order valence-electron chi connectivity index (χ2n) is 8.53. The summed E-state index contributed by atoms with van der Waals surface area (Å²) in [5.41, 5.74) is 6.70. The number of thioether (sulfide) groups is 1. The maximum Gasteiger partial charge on any atom is 0.352 e. The van der Waals surface area contributed by atoms with E-state index in [9.17, 15) is 19.8 Å². The first kappa shape index (κ1) is 24.9. The number of aliphatic carboxylic acids is 1. The summed E-state index contributed by atoms with van der Waals surface area (Å²) >= 11 is 1.50. The molecule has 176 valence electrons. The van der Waals surface area contributed by atoms with Crippen LogP contribution in [0.2, 0.25) is 0 Å². The molecule has 1 aromatic carbocycles. The van der Waals surface area contributed by atoms with Crippen LogP contribution in [-0.4, -0.2) is 73.9 Å². The van der Waals surface area contributed by atoms with Gasteiger partial charge in [-0.05, 0) is 43.0 Å². The number of carboxylic acid groups (broad SMARTS) is 1. The van der Waals surface area contributed by atoms with Gasteiger partial charge in [0.05, 0.1) is 12.1 Å². The molecule has 2 saturated heterocycles. The molecule has 4 rings (SSSR count). The number of hydrogen-bond donors (Lipinski definition) is 3. The molecule has 8 nitrogen and oxygen atoms in total. The summed E-state index contributed by atoms with van der Waals surface area (Å²) in [5, 5.41) is 20.2. The summed E-state index contributed by atoms with van der Waals surface area (Å²) in [4.78, 5) is 28.1. The quantitative estimate of drug-likeness (QED) is 0.478. The number of β-lactam (4-membered cyclic amide) rings is 1. The summed E-state index contributed by atoms with van der Waals surface area (Å²) in [7, 11) is 0. The Morgan fingerprint density at radius 3 is 2.66 bits per heavy atom. The average molecular weight is 484 g/mol. The number of aliphatic hydroxyl groups excluding tert-OH is 1. The normalized spacial score (nSPS) is 30.2. The van der Waals surface area contributed by atoms with Gasteiger partial charge in [0.25, 0.3) is 0 Å². The maximum atomic E-state index is 13.1. The number of carboxylic acids is 1. The third kappa shape index (κ3) is 4.12. The number of carbonyl (C=O) groups excluding carboxylic acids is 1. The van der Waals surface area contributed by atoms with Crippen LogP contribution in [0, 0.1) is 5.92 Å². The van der Waals surface area contributed by atoms with E-state index in [4.69, 9.17) is 10.5 Å². The van der Waals surface area contributed by atoms with Crippen molar-refractivity contribution < 1.29 is 24.5 Å². The lowest BCUT2D eigenvalue weighted by atomic mass is 9.78. The van der Waals surface area contributed by atoms with Crippen LogP contribution < -0.4 is 10.5 Å². The largest absolute Gasteiger partial charge is 0.478 e. The lowest BCUT2D eigenvalue weighted by Gasteiger charge is -2.56. The van der Waals surface area contributed by atoms with Crippen LogP contribution in [0.25, 0.3) is 0 Å². The van der Waals surface area contributed by atoms with Crippen molar-refractivity contribution in [3.05, 3.63) is 41.6 Å². The molecule has 32 heavy (non-hydrogen) atoms. The van der Waals surface area contributed by atoms with Crippen LogP contribution in [0.15, 0.2) is 36.0 Å². The molecule has 2 fully saturated rings. The van der Waals surface area contributed by atoms with Crippen molar-refractivity contribution in [3.8, 4) is 5.75 Å². The van der Waals surface area contributed by atoms with E-state index >= 15 is 0 Å². The van der Waals surface area contributed by atoms with Crippen molar-refractivity contribution in [1.29, 1.82) is 0 Å². The molecule has 0 spiro atoms. The van der Waals surface area contributed by atoms with Crippen molar-refractivity contribution in [2.75, 3.05) is 19.8 Å². The number of carbonyl (C=O) groups is 2. The number of rotatable bonds is 8. The molecule has 3 heterocycles. The second kappa shape index (κ2) is 9.61. The molecule has 4 N–H and O–H groups in total. The number of halogens is 1. The van der Waals surface area contributed by atoms with Gasteiger partial charge in [-0.25, -0.2) is 4.79 Å². The van der Waals surface area contributed by atoms with E-state index in [0.29, 0.717) is 13.3 Å². The Labute approximate surface area is 198 Å². The van der Waals surface area contributed by atoms with Crippen LogP contribution >= 0.6 is 24.2 Å². The van der Waals surface area contributed by atoms with Gasteiger partial charge >= 0.3 is 5.97 Å². The van der Waals surface area contributed by atoms with E-state index in [1.807, 2.05) is 31.2 Å². The molecule has 1 amide bonds. The van der Waals surface area contributed by atoms with E-state index < -0.39 is 16.8 Å². The van der Waals surface area contributed by atoms with Crippen molar-refractivity contribution in [1.82, 2.24) is 9.80 Å². The molecule has 0 saturated carbocycles. The van der Waals surface area contributed by atoms with Crippen LogP contribution in [0.5, 0.6) is 5.75 Å². The van der Waals surface area contributed by atoms with E-state index in [1.54, 1.807) is 13.0 Å². The molecule has 5 atom stereocenters. The number of aliphatic hydroxyl groups is 1. The zero-order chi connectivity index (χ0) is 22.3. The predicted octanol–water partition coefficient (Wildman–Crippen LogP) is 1.66. The summed E-state index contributed by atoms with van der Waals surface area (Å²) in [6, 6.07) is 7.37. The second-order valence-corrected chi connectivity index (χ2v) is 10.1. The van der Waals surface area contributed by atoms with Gasteiger partial charge in [0.15, 0.2) is 0 Å². The van der Waals surface area contributed by atoms with Crippen LogP contribution in [0.3, 0.4) is 0 Å². The van der Waals surface area contributed by atoms with Gasteiger partial charge in [-0.2, -0.15) is 0 Å². The number of nitrogens with two attached hydrogens (primary N) is 1. The minimum absolute atomic E-state index is 0. The Hall–Kier alpha value is -1.78. The first-order valence-electron chi connectivity index (χ1n) is 10.6. The number of amides is 1. The fourth-order valence-corrected chi connectivity index (χ4v) is 6.78. The molecular formula is C22H30ClN3O5S. The summed E-state index contributed by atoms with van der Waals surface area (Å²) < 4.78 is 4.87. The highest BCUT2D eigenvalue weighted by molar-refractivity contribution is 8.02. The third-order valence-corrected chi connectivity index (χ3v) is 8.32. The number of hydrogen-bond acceptors (Lipinski definition) is 7. The van der Waals surface area contributed by atoms with Crippen LogP contribution in [0.4, 0.5) is 0 Å². The van der Waals surface area contributed by atoms with Gasteiger partial charge in [-0.15, -0.1) is 24.2 Å². The monoisotopic (exact) mass is 483 g/mol. The Kier molecular flexibility index (Phi) is 7.46. The van der Waals surface area contributed by atoms with Gasteiger partial charge in [0, 0.05) is 24.9 Å². The summed E-state index contributed by atoms with van der Waals surface area (Å²) in [6.45, 7) is 6.07. The van der Waals surface area contributed by atoms with Crippen LogP contribution in [-0.2, 0) is 16.1 Å². The van der Waals surface area contributed by atoms with Crippen molar-refractivity contribution in [2.24, 2.45) is 11.7 Å². The fourth-order valence-electron chi connectivity index (χ4n) is 4.86. The third-order valence-electron chi connectivity index (χ3n) is 6.45. The number of likely N-dealkylation sites (tertiary alicyclic amines) is 1. The maximum absolute atomic E-state index is 13.1. The minimum Gasteiger partial charge on any atom is -0.478 e. The topological polar surface area (TPSA) is 116 Å². The zero-order valence-corrected chi connectivity index (χ0v) is 19.8. The molecule has 0 bridgehead atoms. The van der Waals surface area contributed by atoms with Crippen molar-refractivity contribution in [3.63, 3.8) is 0 Å². The molecule has 0 aliphatic carbocycles. The average Bonchev–Trinajstić information content (AvgIpc) is 3.32. The lowest BCUT2D eigenvalue weighted by Crippen LogP contribution is -2.76. The Morgan fingerprint density at radius 1 is 1.38 bits per heavy atom. The zero-order valence-electron chi connectivity index (χ0n) is 18.1. The van der Waals surface area contributed by atoms with Gasteiger partial charge in [0.1, 0.15) is 22.9 Å². The number of ether oxygens (including phenoxy) is 1. The lowest BCUT2D eigenvalue weighted by molar-refractivity contribution is -0.158. The SMILES string of the molecule is CC1C=C(C(=O)O)N2C(=O)[C@](SC3CCN(COc4ccc(CN)cc4)C3)(C(C)O)[C@H]12.Cl. The molecule has 10 heteroatoms. The van der Waals surface area contributed by atoms with Gasteiger partial charge in [-0.1, -0.05) is 19.1 Å². The first-order chi connectivity index (χ1) is 14.8. The molecule has 3 unspecified atom stereocenters. The minimum atomic E-state index is -1.10. The van der Waals surface area contributed by atoms with Crippen LogP contribution in [0.1, 0.15) is 25.8 Å². The molecule has 3 aliphatic heterocycles. The standard InChI is InChI=1S/C22H29N3O5S.ClH/c1-13-9-18(20(27)28)25-19(13)22(14(2)26,21(25)29)31-17-7-8-24(11-17)12-30-16-5-3-15(10-23)4-6-16;/h3-6,9,13-14,17,19,26H,7-8,10-12,23H2,1-2H3,(H,27,28);1H/t13?,14?,17?,19-,22-;/m0./s1. The Balaban J connectivity index is 0.00000289. The highest BCUT2D eigenvalue weighted by Crippen LogP contribution is 2.55. The highest BCUT2D eigenvalue weighted by atomic mass is 35.5. The Morgan fingerprint density at radius 2 is 2.06 bits per heavy atom. The van der Waals surface area contributed by atoms with Gasteiger partial charge < -0.3 is 20.7 Å². The number of fused-ring (bicyclic) bond motifs is 1. The van der Waals surface area contributed by atoms with E-state index in [0.717, 1.165) is 30.8 Å². The smallest absolute Gasteiger partial charge is 0.352 e. The van der Waals surface area contributed by atoms with E-state index in [2.05, 4.69) is 4.90 Å². The van der Waals surface area contributed by atoms with Crippen molar-refractivity contribution in [2.45, 2.75) is 49.0 Å². The van der Waals surface area contributed by atoms with Gasteiger partial charge in [-0.3, -0.25) is 14.6 Å². The first-order valence-corrected chi connectivity index (χ1v) is 11.4. The Bertz CT molecular complexity index is 896. The molecule has 0 aromatic heterocycles. The number of benzene rings is 1. The number of nitrogens with zero attached hydrogens (tertiary/aromatic N) is 2. The van der Waals surface area contributed by atoms with E-state index in [1.165, 1.54) is 16.7 Å². The summed E-state index contributed by atoms with van der Waals surface area (Å²) in [6.07, 6.45) is 1.63. The molecular weight excluding hydrogens is 454 g/mol. The molecule has 1 aromatic rings. The summed E-state index contributed by atoms with van der Waals surface area (Å²) in [5.74, 6) is -0.741. The molecule has 0 radical (unpaired) electrons. The van der Waals surface area contributed by atoms with Crippen molar-refractivity contribution >= 4 is 36.0 Å². The van der Waals surface area contributed by atoms with E-state index in [-0.39, 0.29) is 41.2 Å². The predicted molar refractivity (Wildman–Crippen MR) is 125 cm³/mol. The highest BCUT2D eigenvalue weighted by Gasteiger charge is 2.69.